The van der Waals surface area contributed by atoms with E-state index >= 15 is 0 Å². The van der Waals surface area contributed by atoms with Gasteiger partial charge in [0.05, 0.1) is 37.2 Å². The van der Waals surface area contributed by atoms with E-state index in [-0.39, 0.29) is 0 Å². The van der Waals surface area contributed by atoms with E-state index in [1.807, 2.05) is 12.1 Å². The summed E-state index contributed by atoms with van der Waals surface area (Å²) in [5.41, 5.74) is 4.18. The summed E-state index contributed by atoms with van der Waals surface area (Å²) in [4.78, 5) is 20.5. The molecule has 0 N–H and O–H groups in total. The standard InChI is InChI=1S/C23H22Cl2N6O2/c1-32-14-22-29-20-12-26-19(16-10-27-23(28-11-16)30-4-6-33-7-5-30)9-21(20)31(22)13-15-8-17(24)2-3-18(15)25/h2-3,8-12H,4-7,13-14H2,1H3. The van der Waals surface area contributed by atoms with Crippen molar-refractivity contribution in [3.05, 3.63) is 64.3 Å². The Bertz CT molecular complexity index is 1270. The van der Waals surface area contributed by atoms with Gasteiger partial charge in [0, 0.05) is 48.2 Å². The zero-order chi connectivity index (χ0) is 22.8. The van der Waals surface area contributed by atoms with Crippen LogP contribution in [0, 0.1) is 0 Å². The van der Waals surface area contributed by atoms with Crippen LogP contribution in [0.2, 0.25) is 10.0 Å². The maximum Gasteiger partial charge on any atom is 0.225 e. The van der Waals surface area contributed by atoms with E-state index in [4.69, 9.17) is 37.7 Å². The Morgan fingerprint density at radius 3 is 2.58 bits per heavy atom. The molecule has 0 aliphatic carbocycles. The molecule has 1 aromatic carbocycles. The average molecular weight is 485 g/mol. The van der Waals surface area contributed by atoms with Crippen molar-refractivity contribution in [1.29, 1.82) is 0 Å². The van der Waals surface area contributed by atoms with Crippen molar-refractivity contribution < 1.29 is 9.47 Å². The summed E-state index contributed by atoms with van der Waals surface area (Å²) in [6.45, 7) is 3.82. The van der Waals surface area contributed by atoms with Gasteiger partial charge in [0.2, 0.25) is 5.95 Å². The zero-order valence-electron chi connectivity index (χ0n) is 18.0. The molecule has 170 valence electrons. The van der Waals surface area contributed by atoms with Crippen LogP contribution >= 0.6 is 23.2 Å². The molecular formula is C23H22Cl2N6O2. The van der Waals surface area contributed by atoms with Crippen molar-refractivity contribution in [2.45, 2.75) is 13.2 Å². The van der Waals surface area contributed by atoms with Crippen LogP contribution in [-0.2, 0) is 22.6 Å². The Balaban J connectivity index is 1.51. The quantitative estimate of drug-likeness (QED) is 0.405. The number of fused-ring (bicyclic) bond motifs is 1. The lowest BCUT2D eigenvalue weighted by atomic mass is 10.2. The second kappa shape index (κ2) is 9.61. The number of anilines is 1. The normalized spacial score (nSPS) is 14.2. The number of hydrogen-bond acceptors (Lipinski definition) is 7. The van der Waals surface area contributed by atoms with Crippen LogP contribution in [0.15, 0.2) is 42.9 Å². The molecule has 0 bridgehead atoms. The van der Waals surface area contributed by atoms with E-state index < -0.39 is 0 Å². The molecule has 0 amide bonds. The SMILES string of the molecule is COCc1nc2cnc(-c3cnc(N4CCOCC4)nc3)cc2n1Cc1cc(Cl)ccc1Cl. The van der Waals surface area contributed by atoms with E-state index in [0.29, 0.717) is 42.4 Å². The number of halogens is 2. The monoisotopic (exact) mass is 484 g/mol. The van der Waals surface area contributed by atoms with Gasteiger partial charge in [0.1, 0.15) is 17.9 Å². The lowest BCUT2D eigenvalue weighted by molar-refractivity contribution is 0.122. The van der Waals surface area contributed by atoms with Gasteiger partial charge in [-0.3, -0.25) is 4.98 Å². The predicted octanol–water partition coefficient (Wildman–Crippen LogP) is 4.23. The minimum Gasteiger partial charge on any atom is -0.378 e. The third-order valence-corrected chi connectivity index (χ3v) is 6.16. The molecule has 5 rings (SSSR count). The fourth-order valence-electron chi connectivity index (χ4n) is 3.87. The smallest absolute Gasteiger partial charge is 0.225 e. The number of methoxy groups -OCH3 is 1. The van der Waals surface area contributed by atoms with Crippen molar-refractivity contribution in [3.63, 3.8) is 0 Å². The number of rotatable bonds is 6. The summed E-state index contributed by atoms with van der Waals surface area (Å²) in [6.07, 6.45) is 5.36. The Hall–Kier alpha value is -2.78. The maximum atomic E-state index is 6.44. The highest BCUT2D eigenvalue weighted by Crippen LogP contribution is 2.27. The van der Waals surface area contributed by atoms with Gasteiger partial charge in [0.25, 0.3) is 0 Å². The molecule has 4 aromatic rings. The number of aromatic nitrogens is 5. The van der Waals surface area contributed by atoms with Crippen LogP contribution in [0.25, 0.3) is 22.3 Å². The molecule has 0 atom stereocenters. The van der Waals surface area contributed by atoms with Crippen LogP contribution in [0.5, 0.6) is 0 Å². The fourth-order valence-corrected chi connectivity index (χ4v) is 4.24. The summed E-state index contributed by atoms with van der Waals surface area (Å²) in [5, 5.41) is 1.28. The van der Waals surface area contributed by atoms with E-state index in [9.17, 15) is 0 Å². The molecule has 4 heterocycles. The van der Waals surface area contributed by atoms with E-state index in [1.165, 1.54) is 0 Å². The summed E-state index contributed by atoms with van der Waals surface area (Å²) in [7, 11) is 1.65. The van der Waals surface area contributed by atoms with E-state index in [1.54, 1.807) is 37.8 Å². The second-order valence-corrected chi connectivity index (χ2v) is 8.56. The summed E-state index contributed by atoms with van der Waals surface area (Å²) in [6, 6.07) is 7.44. The molecule has 0 spiro atoms. The topological polar surface area (TPSA) is 78.2 Å². The van der Waals surface area contributed by atoms with Gasteiger partial charge in [-0.15, -0.1) is 0 Å². The van der Waals surface area contributed by atoms with Gasteiger partial charge in [-0.1, -0.05) is 23.2 Å². The number of nitrogens with zero attached hydrogens (tertiary/aromatic N) is 6. The first-order chi connectivity index (χ1) is 16.1. The molecule has 1 saturated heterocycles. The Kier molecular flexibility index (Phi) is 6.41. The molecule has 0 saturated carbocycles. The largest absolute Gasteiger partial charge is 0.378 e. The van der Waals surface area contributed by atoms with Gasteiger partial charge < -0.3 is 18.9 Å². The van der Waals surface area contributed by atoms with Crippen molar-refractivity contribution in [2.75, 3.05) is 38.3 Å². The maximum absolute atomic E-state index is 6.44. The first kappa shape index (κ1) is 22.0. The van der Waals surface area contributed by atoms with E-state index in [0.717, 1.165) is 46.8 Å². The third kappa shape index (κ3) is 4.65. The molecule has 1 fully saturated rings. The van der Waals surface area contributed by atoms with Crippen LogP contribution in [0.4, 0.5) is 5.95 Å². The predicted molar refractivity (Wildman–Crippen MR) is 128 cm³/mol. The summed E-state index contributed by atoms with van der Waals surface area (Å²) < 4.78 is 12.9. The first-order valence-electron chi connectivity index (χ1n) is 10.6. The highest BCUT2D eigenvalue weighted by atomic mass is 35.5. The minimum atomic E-state index is 0.361. The Morgan fingerprint density at radius 2 is 1.82 bits per heavy atom. The van der Waals surface area contributed by atoms with Crippen molar-refractivity contribution in [3.8, 4) is 11.3 Å². The van der Waals surface area contributed by atoms with Crippen LogP contribution < -0.4 is 4.90 Å². The molecule has 0 unspecified atom stereocenters. The Labute approximate surface area is 201 Å². The molecule has 8 nitrogen and oxygen atoms in total. The number of pyridine rings is 1. The lowest BCUT2D eigenvalue weighted by Gasteiger charge is -2.26. The number of morpholine rings is 1. The van der Waals surface area contributed by atoms with Crippen LogP contribution in [0.3, 0.4) is 0 Å². The summed E-state index contributed by atoms with van der Waals surface area (Å²) in [5.74, 6) is 1.48. The molecule has 1 aliphatic heterocycles. The molecule has 1 aliphatic rings. The van der Waals surface area contributed by atoms with Crippen molar-refractivity contribution in [1.82, 2.24) is 24.5 Å². The number of ether oxygens (including phenoxy) is 2. The van der Waals surface area contributed by atoms with Crippen molar-refractivity contribution >= 4 is 40.2 Å². The molecule has 10 heteroatoms. The fraction of sp³-hybridized carbons (Fsp3) is 0.304. The minimum absolute atomic E-state index is 0.361. The Morgan fingerprint density at radius 1 is 1.03 bits per heavy atom. The van der Waals surface area contributed by atoms with E-state index in [2.05, 4.69) is 24.4 Å². The first-order valence-corrected chi connectivity index (χ1v) is 11.3. The molecular weight excluding hydrogens is 463 g/mol. The lowest BCUT2D eigenvalue weighted by Crippen LogP contribution is -2.37. The average Bonchev–Trinajstić information content (AvgIpc) is 3.18. The van der Waals surface area contributed by atoms with Gasteiger partial charge in [0.15, 0.2) is 0 Å². The van der Waals surface area contributed by atoms with Crippen LogP contribution in [-0.4, -0.2) is 57.9 Å². The van der Waals surface area contributed by atoms with Gasteiger partial charge >= 0.3 is 0 Å². The highest BCUT2D eigenvalue weighted by molar-refractivity contribution is 6.33. The van der Waals surface area contributed by atoms with Gasteiger partial charge in [-0.2, -0.15) is 0 Å². The molecule has 33 heavy (non-hydrogen) atoms. The molecule has 3 aromatic heterocycles. The number of benzene rings is 1. The van der Waals surface area contributed by atoms with Gasteiger partial charge in [-0.05, 0) is 29.8 Å². The zero-order valence-corrected chi connectivity index (χ0v) is 19.6. The number of imidazole rings is 1. The van der Waals surface area contributed by atoms with Crippen molar-refractivity contribution in [2.24, 2.45) is 0 Å². The third-order valence-electron chi connectivity index (χ3n) is 5.55. The van der Waals surface area contributed by atoms with Gasteiger partial charge in [-0.25, -0.2) is 15.0 Å². The summed E-state index contributed by atoms with van der Waals surface area (Å²) >= 11 is 12.6. The second-order valence-electron chi connectivity index (χ2n) is 7.71. The highest BCUT2D eigenvalue weighted by Gasteiger charge is 2.16. The van der Waals surface area contributed by atoms with Crippen LogP contribution in [0.1, 0.15) is 11.4 Å². The number of hydrogen-bond donors (Lipinski definition) is 0. The molecule has 0 radical (unpaired) electrons.